The van der Waals surface area contributed by atoms with Crippen molar-refractivity contribution < 1.29 is 4.79 Å². The summed E-state index contributed by atoms with van der Waals surface area (Å²) >= 11 is 0. The van der Waals surface area contributed by atoms with E-state index in [2.05, 4.69) is 10.4 Å². The molecule has 0 aliphatic heterocycles. The lowest BCUT2D eigenvalue weighted by Gasteiger charge is -2.25. The highest BCUT2D eigenvalue weighted by Gasteiger charge is 2.19. The largest absolute Gasteiger partial charge is 0.350 e. The summed E-state index contributed by atoms with van der Waals surface area (Å²) in [6.45, 7) is 2.74. The van der Waals surface area contributed by atoms with Gasteiger partial charge in [0, 0.05) is 19.3 Å². The van der Waals surface area contributed by atoms with Crippen LogP contribution in [0.4, 0.5) is 0 Å². The standard InChI is InChI=1S/C11H17N3O/c1-8-6-10(13-14(8)2)11(15)12-7-9-4-3-5-9/h6,9H,3-5,7H2,1-2H3,(H,12,15). The molecule has 1 saturated carbocycles. The molecular weight excluding hydrogens is 190 g/mol. The molecule has 1 N–H and O–H groups in total. The van der Waals surface area contributed by atoms with E-state index < -0.39 is 0 Å². The maximum atomic E-state index is 11.7. The number of hydrogen-bond donors (Lipinski definition) is 1. The summed E-state index contributed by atoms with van der Waals surface area (Å²) in [6, 6.07) is 1.82. The summed E-state index contributed by atoms with van der Waals surface area (Å²) in [5, 5.41) is 7.06. The van der Waals surface area contributed by atoms with E-state index in [-0.39, 0.29) is 5.91 Å². The van der Waals surface area contributed by atoms with Crippen LogP contribution in [0.2, 0.25) is 0 Å². The number of aryl methyl sites for hydroxylation is 2. The Morgan fingerprint density at radius 2 is 2.40 bits per heavy atom. The topological polar surface area (TPSA) is 46.9 Å². The zero-order valence-corrected chi connectivity index (χ0v) is 9.29. The van der Waals surface area contributed by atoms with Gasteiger partial charge in [-0.25, -0.2) is 0 Å². The minimum Gasteiger partial charge on any atom is -0.350 e. The van der Waals surface area contributed by atoms with Crippen LogP contribution in [0.3, 0.4) is 0 Å². The summed E-state index contributed by atoms with van der Waals surface area (Å²) in [7, 11) is 1.85. The average Bonchev–Trinajstić information content (AvgIpc) is 2.44. The van der Waals surface area contributed by atoms with E-state index >= 15 is 0 Å². The quantitative estimate of drug-likeness (QED) is 0.811. The fourth-order valence-corrected chi connectivity index (χ4v) is 1.70. The van der Waals surface area contributed by atoms with Crippen LogP contribution in [-0.4, -0.2) is 22.2 Å². The second kappa shape index (κ2) is 4.04. The number of hydrogen-bond acceptors (Lipinski definition) is 2. The molecule has 1 heterocycles. The van der Waals surface area contributed by atoms with Crippen LogP contribution in [0.1, 0.15) is 35.4 Å². The summed E-state index contributed by atoms with van der Waals surface area (Å²) in [5.41, 5.74) is 1.53. The van der Waals surface area contributed by atoms with Crippen molar-refractivity contribution in [3.05, 3.63) is 17.5 Å². The van der Waals surface area contributed by atoms with E-state index in [4.69, 9.17) is 0 Å². The third-order valence-electron chi connectivity index (χ3n) is 3.12. The Kier molecular flexibility index (Phi) is 2.75. The van der Waals surface area contributed by atoms with Crippen LogP contribution in [0.25, 0.3) is 0 Å². The van der Waals surface area contributed by atoms with E-state index in [1.165, 1.54) is 19.3 Å². The molecule has 1 aliphatic carbocycles. The molecule has 4 nitrogen and oxygen atoms in total. The molecule has 1 aliphatic rings. The summed E-state index contributed by atoms with van der Waals surface area (Å²) < 4.78 is 1.72. The number of nitrogens with one attached hydrogen (secondary N) is 1. The Morgan fingerprint density at radius 1 is 1.67 bits per heavy atom. The van der Waals surface area contributed by atoms with Gasteiger partial charge in [0.15, 0.2) is 0 Å². The highest BCUT2D eigenvalue weighted by molar-refractivity contribution is 5.92. The van der Waals surface area contributed by atoms with Crippen molar-refractivity contribution in [1.82, 2.24) is 15.1 Å². The normalized spacial score (nSPS) is 16.1. The van der Waals surface area contributed by atoms with Gasteiger partial charge in [0.1, 0.15) is 5.69 Å². The minimum atomic E-state index is -0.0504. The molecule has 1 fully saturated rings. The molecule has 2 rings (SSSR count). The lowest BCUT2D eigenvalue weighted by atomic mass is 9.85. The first kappa shape index (κ1) is 10.2. The summed E-state index contributed by atoms with van der Waals surface area (Å²) in [6.07, 6.45) is 3.81. The first-order valence-electron chi connectivity index (χ1n) is 5.45. The van der Waals surface area contributed by atoms with Crippen molar-refractivity contribution in [2.24, 2.45) is 13.0 Å². The zero-order chi connectivity index (χ0) is 10.8. The van der Waals surface area contributed by atoms with Crippen LogP contribution < -0.4 is 5.32 Å². The van der Waals surface area contributed by atoms with Crippen molar-refractivity contribution >= 4 is 5.91 Å². The lowest BCUT2D eigenvalue weighted by molar-refractivity contribution is 0.0933. The van der Waals surface area contributed by atoms with Gasteiger partial charge in [0.05, 0.1) is 0 Å². The van der Waals surface area contributed by atoms with Crippen LogP contribution >= 0.6 is 0 Å². The monoisotopic (exact) mass is 207 g/mol. The maximum Gasteiger partial charge on any atom is 0.271 e. The van der Waals surface area contributed by atoms with Gasteiger partial charge in [-0.05, 0) is 31.7 Å². The molecule has 0 atom stereocenters. The summed E-state index contributed by atoms with van der Waals surface area (Å²) in [5.74, 6) is 0.643. The van der Waals surface area contributed by atoms with E-state index in [1.807, 2.05) is 20.0 Å². The van der Waals surface area contributed by atoms with Gasteiger partial charge in [-0.3, -0.25) is 9.48 Å². The SMILES string of the molecule is Cc1cc(C(=O)NCC2CCC2)nn1C. The second-order valence-corrected chi connectivity index (χ2v) is 4.30. The highest BCUT2D eigenvalue weighted by Crippen LogP contribution is 2.25. The first-order chi connectivity index (χ1) is 7.16. The van der Waals surface area contributed by atoms with Gasteiger partial charge in [0.2, 0.25) is 0 Å². The van der Waals surface area contributed by atoms with E-state index in [9.17, 15) is 4.79 Å². The van der Waals surface area contributed by atoms with E-state index in [0.717, 1.165) is 12.2 Å². The molecule has 0 radical (unpaired) electrons. The highest BCUT2D eigenvalue weighted by atomic mass is 16.1. The molecule has 1 aromatic heterocycles. The van der Waals surface area contributed by atoms with E-state index in [0.29, 0.717) is 11.6 Å². The zero-order valence-electron chi connectivity index (χ0n) is 9.29. The minimum absolute atomic E-state index is 0.0504. The predicted octanol–water partition coefficient (Wildman–Crippen LogP) is 1.26. The number of carbonyl (C=O) groups is 1. The molecule has 0 saturated heterocycles. The van der Waals surface area contributed by atoms with Crippen LogP contribution in [0.5, 0.6) is 0 Å². The Bertz CT molecular complexity index is 346. The Balaban J connectivity index is 1.89. The van der Waals surface area contributed by atoms with Gasteiger partial charge in [0.25, 0.3) is 5.91 Å². The van der Waals surface area contributed by atoms with E-state index in [1.54, 1.807) is 4.68 Å². The first-order valence-corrected chi connectivity index (χ1v) is 5.45. The molecular formula is C11H17N3O. The van der Waals surface area contributed by atoms with Crippen molar-refractivity contribution in [3.8, 4) is 0 Å². The van der Waals surface area contributed by atoms with Gasteiger partial charge in [-0.15, -0.1) is 0 Å². The smallest absolute Gasteiger partial charge is 0.271 e. The Labute approximate surface area is 89.7 Å². The Morgan fingerprint density at radius 3 is 2.87 bits per heavy atom. The maximum absolute atomic E-state index is 11.7. The molecule has 1 amide bonds. The van der Waals surface area contributed by atoms with Gasteiger partial charge in [-0.1, -0.05) is 6.42 Å². The fourth-order valence-electron chi connectivity index (χ4n) is 1.70. The van der Waals surface area contributed by atoms with Crippen LogP contribution in [0.15, 0.2) is 6.07 Å². The van der Waals surface area contributed by atoms with Crippen LogP contribution in [0, 0.1) is 12.8 Å². The van der Waals surface area contributed by atoms with Crippen LogP contribution in [-0.2, 0) is 7.05 Å². The fraction of sp³-hybridized carbons (Fsp3) is 0.636. The number of rotatable bonds is 3. The average molecular weight is 207 g/mol. The number of aromatic nitrogens is 2. The molecule has 4 heteroatoms. The van der Waals surface area contributed by atoms with Crippen molar-refractivity contribution in [2.45, 2.75) is 26.2 Å². The van der Waals surface area contributed by atoms with Gasteiger partial charge in [-0.2, -0.15) is 5.10 Å². The van der Waals surface area contributed by atoms with Crippen molar-refractivity contribution in [3.63, 3.8) is 0 Å². The molecule has 0 spiro atoms. The molecule has 82 valence electrons. The second-order valence-electron chi connectivity index (χ2n) is 4.30. The molecule has 0 unspecified atom stereocenters. The Hall–Kier alpha value is -1.32. The van der Waals surface area contributed by atoms with Gasteiger partial charge < -0.3 is 5.32 Å². The number of nitrogens with zero attached hydrogens (tertiary/aromatic N) is 2. The predicted molar refractivity (Wildman–Crippen MR) is 57.6 cm³/mol. The molecule has 1 aromatic rings. The van der Waals surface area contributed by atoms with Crippen molar-refractivity contribution in [2.75, 3.05) is 6.54 Å². The third-order valence-corrected chi connectivity index (χ3v) is 3.12. The number of amides is 1. The molecule has 0 aromatic carbocycles. The van der Waals surface area contributed by atoms with Gasteiger partial charge >= 0.3 is 0 Å². The molecule has 15 heavy (non-hydrogen) atoms. The number of carbonyl (C=O) groups excluding carboxylic acids is 1. The third kappa shape index (κ3) is 2.19. The van der Waals surface area contributed by atoms with Crippen molar-refractivity contribution in [1.29, 1.82) is 0 Å². The molecule has 0 bridgehead atoms. The summed E-state index contributed by atoms with van der Waals surface area (Å²) in [4.78, 5) is 11.7. The lowest BCUT2D eigenvalue weighted by Crippen LogP contribution is -2.32.